The Labute approximate surface area is 143 Å². The minimum atomic E-state index is 0.332. The van der Waals surface area contributed by atoms with Crippen molar-refractivity contribution in [3.8, 4) is 0 Å². The highest BCUT2D eigenvalue weighted by Gasteiger charge is 2.26. The number of hydrogen-bond acceptors (Lipinski definition) is 2. The molecular formula is C20H25NOS. The van der Waals surface area contributed by atoms with Gasteiger partial charge in [-0.2, -0.15) is 11.3 Å². The number of benzene rings is 1. The predicted octanol–water partition coefficient (Wildman–Crippen LogP) is 4.69. The number of thiophene rings is 1. The van der Waals surface area contributed by atoms with E-state index in [1.807, 2.05) is 6.07 Å². The molecule has 1 aromatic heterocycles. The molecule has 0 atom stereocenters. The fourth-order valence-corrected chi connectivity index (χ4v) is 4.15. The third-order valence-corrected chi connectivity index (χ3v) is 5.51. The molecule has 0 bridgehead atoms. The van der Waals surface area contributed by atoms with Crippen molar-refractivity contribution in [1.29, 1.82) is 0 Å². The summed E-state index contributed by atoms with van der Waals surface area (Å²) >= 11 is 1.71. The van der Waals surface area contributed by atoms with Crippen molar-refractivity contribution in [2.24, 2.45) is 0 Å². The Bertz CT molecular complexity index is 587. The summed E-state index contributed by atoms with van der Waals surface area (Å²) in [4.78, 5) is 14.9. The van der Waals surface area contributed by atoms with Crippen LogP contribution in [0.1, 0.15) is 43.2 Å². The quantitative estimate of drug-likeness (QED) is 0.722. The SMILES string of the molecule is O=C(CCc1ccsc1)N(CCc1ccccc1)C1CCCC1. The Morgan fingerprint density at radius 2 is 1.83 bits per heavy atom. The fraction of sp³-hybridized carbons (Fsp3) is 0.450. The second-order valence-corrected chi connectivity index (χ2v) is 7.17. The molecule has 0 radical (unpaired) electrons. The van der Waals surface area contributed by atoms with Crippen LogP contribution in [0, 0.1) is 0 Å². The summed E-state index contributed by atoms with van der Waals surface area (Å²) in [6.45, 7) is 0.858. The van der Waals surface area contributed by atoms with Gasteiger partial charge < -0.3 is 4.90 Å². The van der Waals surface area contributed by atoms with E-state index in [1.54, 1.807) is 11.3 Å². The molecule has 0 spiro atoms. The van der Waals surface area contributed by atoms with E-state index in [-0.39, 0.29) is 0 Å². The molecule has 1 amide bonds. The average Bonchev–Trinajstić information content (AvgIpc) is 3.28. The number of nitrogens with zero attached hydrogens (tertiary/aromatic N) is 1. The first-order chi connectivity index (χ1) is 11.3. The fourth-order valence-electron chi connectivity index (χ4n) is 3.45. The van der Waals surface area contributed by atoms with Crippen LogP contribution >= 0.6 is 11.3 Å². The first-order valence-electron chi connectivity index (χ1n) is 8.67. The van der Waals surface area contributed by atoms with Crippen LogP contribution < -0.4 is 0 Å². The van der Waals surface area contributed by atoms with E-state index in [2.05, 4.69) is 46.0 Å². The molecule has 2 aromatic rings. The number of rotatable bonds is 7. The van der Waals surface area contributed by atoms with E-state index in [1.165, 1.54) is 36.8 Å². The molecule has 3 heteroatoms. The lowest BCUT2D eigenvalue weighted by molar-refractivity contribution is -0.133. The molecule has 122 valence electrons. The van der Waals surface area contributed by atoms with Gasteiger partial charge in [0, 0.05) is 19.0 Å². The Kier molecular flexibility index (Phi) is 5.87. The van der Waals surface area contributed by atoms with Gasteiger partial charge in [0.2, 0.25) is 5.91 Å². The molecule has 1 aromatic carbocycles. The lowest BCUT2D eigenvalue weighted by atomic mass is 10.1. The minimum absolute atomic E-state index is 0.332. The van der Waals surface area contributed by atoms with Gasteiger partial charge in [-0.05, 0) is 53.6 Å². The first kappa shape index (κ1) is 16.3. The van der Waals surface area contributed by atoms with Crippen LogP contribution in [-0.4, -0.2) is 23.4 Å². The molecule has 1 aliphatic rings. The largest absolute Gasteiger partial charge is 0.339 e. The second kappa shape index (κ2) is 8.30. The maximum absolute atomic E-state index is 12.8. The van der Waals surface area contributed by atoms with Crippen molar-refractivity contribution >= 4 is 17.2 Å². The summed E-state index contributed by atoms with van der Waals surface area (Å²) in [7, 11) is 0. The molecule has 0 saturated heterocycles. The van der Waals surface area contributed by atoms with Gasteiger partial charge >= 0.3 is 0 Å². The maximum atomic E-state index is 12.8. The van der Waals surface area contributed by atoms with Gasteiger partial charge in [-0.15, -0.1) is 0 Å². The zero-order chi connectivity index (χ0) is 15.9. The molecule has 0 aliphatic heterocycles. The Balaban J connectivity index is 1.59. The van der Waals surface area contributed by atoms with Gasteiger partial charge in [0.05, 0.1) is 0 Å². The summed E-state index contributed by atoms with van der Waals surface area (Å²) in [6, 6.07) is 13.1. The van der Waals surface area contributed by atoms with Crippen molar-refractivity contribution in [3.05, 3.63) is 58.3 Å². The van der Waals surface area contributed by atoms with Crippen LogP contribution in [-0.2, 0) is 17.6 Å². The Morgan fingerprint density at radius 3 is 2.52 bits per heavy atom. The maximum Gasteiger partial charge on any atom is 0.223 e. The van der Waals surface area contributed by atoms with Crippen LogP contribution in [0.15, 0.2) is 47.2 Å². The summed E-state index contributed by atoms with van der Waals surface area (Å²) < 4.78 is 0. The highest BCUT2D eigenvalue weighted by atomic mass is 32.1. The third-order valence-electron chi connectivity index (χ3n) is 4.78. The molecule has 1 aliphatic carbocycles. The molecule has 23 heavy (non-hydrogen) atoms. The number of aryl methyl sites for hydroxylation is 1. The predicted molar refractivity (Wildman–Crippen MR) is 96.8 cm³/mol. The van der Waals surface area contributed by atoms with Crippen molar-refractivity contribution < 1.29 is 4.79 Å². The van der Waals surface area contributed by atoms with Gasteiger partial charge in [0.15, 0.2) is 0 Å². The van der Waals surface area contributed by atoms with Gasteiger partial charge in [-0.25, -0.2) is 0 Å². The molecule has 1 saturated carbocycles. The van der Waals surface area contributed by atoms with Gasteiger partial charge in [-0.1, -0.05) is 43.2 Å². The topological polar surface area (TPSA) is 20.3 Å². The van der Waals surface area contributed by atoms with E-state index in [0.29, 0.717) is 18.4 Å². The van der Waals surface area contributed by atoms with Crippen LogP contribution in [0.4, 0.5) is 0 Å². The van der Waals surface area contributed by atoms with Crippen LogP contribution in [0.3, 0.4) is 0 Å². The molecule has 2 nitrogen and oxygen atoms in total. The Hall–Kier alpha value is -1.61. The van der Waals surface area contributed by atoms with E-state index >= 15 is 0 Å². The van der Waals surface area contributed by atoms with Crippen LogP contribution in [0.25, 0.3) is 0 Å². The smallest absolute Gasteiger partial charge is 0.223 e. The molecule has 1 fully saturated rings. The lowest BCUT2D eigenvalue weighted by Gasteiger charge is -2.29. The molecule has 0 N–H and O–H groups in total. The van der Waals surface area contributed by atoms with Crippen molar-refractivity contribution in [2.45, 2.75) is 51.0 Å². The molecule has 1 heterocycles. The van der Waals surface area contributed by atoms with E-state index in [0.717, 1.165) is 19.4 Å². The lowest BCUT2D eigenvalue weighted by Crippen LogP contribution is -2.40. The zero-order valence-corrected chi connectivity index (χ0v) is 14.4. The Morgan fingerprint density at radius 1 is 1.04 bits per heavy atom. The van der Waals surface area contributed by atoms with Gasteiger partial charge in [-0.3, -0.25) is 4.79 Å². The van der Waals surface area contributed by atoms with E-state index in [9.17, 15) is 4.79 Å². The monoisotopic (exact) mass is 327 g/mol. The number of carbonyl (C=O) groups excluding carboxylic acids is 1. The summed E-state index contributed by atoms with van der Waals surface area (Å²) in [6.07, 6.45) is 7.37. The second-order valence-electron chi connectivity index (χ2n) is 6.39. The van der Waals surface area contributed by atoms with Crippen LogP contribution in [0.5, 0.6) is 0 Å². The van der Waals surface area contributed by atoms with E-state index in [4.69, 9.17) is 0 Å². The summed E-state index contributed by atoms with van der Waals surface area (Å²) in [5.74, 6) is 0.332. The van der Waals surface area contributed by atoms with Gasteiger partial charge in [0.1, 0.15) is 0 Å². The van der Waals surface area contributed by atoms with Crippen molar-refractivity contribution in [1.82, 2.24) is 4.90 Å². The summed E-state index contributed by atoms with van der Waals surface area (Å²) in [5, 5.41) is 4.24. The molecule has 3 rings (SSSR count). The van der Waals surface area contributed by atoms with Crippen molar-refractivity contribution in [2.75, 3.05) is 6.54 Å². The zero-order valence-electron chi connectivity index (χ0n) is 13.6. The molecule has 0 unspecified atom stereocenters. The van der Waals surface area contributed by atoms with E-state index < -0.39 is 0 Å². The standard InChI is InChI=1S/C20H25NOS/c22-20(11-10-18-13-15-23-16-18)21(19-8-4-5-9-19)14-12-17-6-2-1-3-7-17/h1-3,6-7,13,15-16,19H,4-5,8-12,14H2. The normalized spacial score (nSPS) is 15.0. The first-order valence-corrected chi connectivity index (χ1v) is 9.61. The van der Waals surface area contributed by atoms with Crippen LogP contribution in [0.2, 0.25) is 0 Å². The highest BCUT2D eigenvalue weighted by molar-refractivity contribution is 7.07. The summed E-state index contributed by atoms with van der Waals surface area (Å²) in [5.41, 5.74) is 2.61. The highest BCUT2D eigenvalue weighted by Crippen LogP contribution is 2.25. The molecular weight excluding hydrogens is 302 g/mol. The number of amides is 1. The number of carbonyl (C=O) groups is 1. The third kappa shape index (κ3) is 4.68. The number of hydrogen-bond donors (Lipinski definition) is 0. The van der Waals surface area contributed by atoms with Crippen molar-refractivity contribution in [3.63, 3.8) is 0 Å². The average molecular weight is 327 g/mol. The minimum Gasteiger partial charge on any atom is -0.339 e. The van der Waals surface area contributed by atoms with Gasteiger partial charge in [0.25, 0.3) is 0 Å².